The van der Waals surface area contributed by atoms with Crippen LogP contribution in [0.1, 0.15) is 36.8 Å². The molecule has 4 heteroatoms. The molecule has 112 valence electrons. The number of hydrogen-bond acceptors (Lipinski definition) is 4. The Morgan fingerprint density at radius 2 is 2.19 bits per heavy atom. The fourth-order valence-corrected chi connectivity index (χ4v) is 3.08. The molecule has 3 rings (SSSR count). The standard InChI is InChI=1S/C17H23N3O/c18-10-15-9-14(11-19-16-2-3-16)1-4-17(15)20-7-5-13(12-20)6-8-21/h1,4,9,13,16,19,21H,2-3,5-8,11-12H2. The molecule has 0 aromatic heterocycles. The minimum atomic E-state index is 0.259. The minimum Gasteiger partial charge on any atom is -0.396 e. The third kappa shape index (κ3) is 3.55. The van der Waals surface area contributed by atoms with Crippen LogP contribution in [0, 0.1) is 17.2 Å². The highest BCUT2D eigenvalue weighted by Gasteiger charge is 2.24. The van der Waals surface area contributed by atoms with Crippen molar-refractivity contribution < 1.29 is 5.11 Å². The van der Waals surface area contributed by atoms with Crippen molar-refractivity contribution in [2.75, 3.05) is 24.6 Å². The van der Waals surface area contributed by atoms with Crippen molar-refractivity contribution in [2.24, 2.45) is 5.92 Å². The van der Waals surface area contributed by atoms with Gasteiger partial charge in [-0.25, -0.2) is 0 Å². The van der Waals surface area contributed by atoms with Crippen LogP contribution in [0.4, 0.5) is 5.69 Å². The molecule has 1 aromatic carbocycles. The number of nitrogens with one attached hydrogen (secondary N) is 1. The van der Waals surface area contributed by atoms with Crippen molar-refractivity contribution in [3.8, 4) is 6.07 Å². The lowest BCUT2D eigenvalue weighted by Crippen LogP contribution is -2.21. The molecular weight excluding hydrogens is 262 g/mol. The summed E-state index contributed by atoms with van der Waals surface area (Å²) in [6.45, 7) is 3.05. The molecule has 4 nitrogen and oxygen atoms in total. The number of nitrogens with zero attached hydrogens (tertiary/aromatic N) is 2. The van der Waals surface area contributed by atoms with E-state index in [9.17, 15) is 5.26 Å². The van der Waals surface area contributed by atoms with Gasteiger partial charge in [0.05, 0.1) is 11.3 Å². The molecule has 1 unspecified atom stereocenters. The van der Waals surface area contributed by atoms with Crippen LogP contribution in [-0.4, -0.2) is 30.8 Å². The van der Waals surface area contributed by atoms with Gasteiger partial charge in [0, 0.05) is 32.3 Å². The van der Waals surface area contributed by atoms with E-state index in [2.05, 4.69) is 28.4 Å². The van der Waals surface area contributed by atoms with Crippen LogP contribution in [0.5, 0.6) is 0 Å². The molecule has 0 bridgehead atoms. The summed E-state index contributed by atoms with van der Waals surface area (Å²) in [4.78, 5) is 2.29. The van der Waals surface area contributed by atoms with E-state index in [0.717, 1.165) is 43.7 Å². The lowest BCUT2D eigenvalue weighted by Gasteiger charge is -2.20. The molecule has 2 N–H and O–H groups in total. The monoisotopic (exact) mass is 285 g/mol. The number of nitriles is 1. The number of anilines is 1. The molecule has 1 saturated heterocycles. The van der Waals surface area contributed by atoms with Gasteiger partial charge >= 0.3 is 0 Å². The van der Waals surface area contributed by atoms with Crippen molar-refractivity contribution >= 4 is 5.69 Å². The average molecular weight is 285 g/mol. The minimum absolute atomic E-state index is 0.259. The van der Waals surface area contributed by atoms with E-state index in [1.54, 1.807) is 0 Å². The Morgan fingerprint density at radius 1 is 1.33 bits per heavy atom. The van der Waals surface area contributed by atoms with Crippen LogP contribution in [0.3, 0.4) is 0 Å². The molecule has 1 aliphatic carbocycles. The van der Waals surface area contributed by atoms with Gasteiger partial charge in [-0.3, -0.25) is 0 Å². The molecule has 0 radical (unpaired) electrons. The Balaban J connectivity index is 1.68. The number of aliphatic hydroxyl groups excluding tert-OH is 1. The lowest BCUT2D eigenvalue weighted by atomic mass is 10.1. The smallest absolute Gasteiger partial charge is 0.101 e. The van der Waals surface area contributed by atoms with Crippen LogP contribution < -0.4 is 10.2 Å². The predicted octanol–water partition coefficient (Wildman–Crippen LogP) is 2.02. The van der Waals surface area contributed by atoms with E-state index in [4.69, 9.17) is 5.11 Å². The second kappa shape index (κ2) is 6.46. The van der Waals surface area contributed by atoms with E-state index >= 15 is 0 Å². The Bertz CT molecular complexity index is 533. The zero-order chi connectivity index (χ0) is 14.7. The van der Waals surface area contributed by atoms with Crippen LogP contribution in [0.25, 0.3) is 0 Å². The predicted molar refractivity (Wildman–Crippen MR) is 83.0 cm³/mol. The summed E-state index contributed by atoms with van der Waals surface area (Å²) >= 11 is 0. The van der Waals surface area contributed by atoms with Crippen molar-refractivity contribution in [3.63, 3.8) is 0 Å². The lowest BCUT2D eigenvalue weighted by molar-refractivity contribution is 0.263. The van der Waals surface area contributed by atoms with Crippen molar-refractivity contribution in [1.29, 1.82) is 5.26 Å². The maximum atomic E-state index is 9.43. The fraction of sp³-hybridized carbons (Fsp3) is 0.588. The number of rotatable bonds is 6. The summed E-state index contributed by atoms with van der Waals surface area (Å²) in [6.07, 6.45) is 4.53. The number of benzene rings is 1. The molecule has 2 fully saturated rings. The third-order valence-electron chi connectivity index (χ3n) is 4.52. The summed E-state index contributed by atoms with van der Waals surface area (Å²) in [5, 5.41) is 22.0. The van der Waals surface area contributed by atoms with Gasteiger partial charge in [0.2, 0.25) is 0 Å². The molecule has 1 aliphatic heterocycles. The summed E-state index contributed by atoms with van der Waals surface area (Å²) in [5.74, 6) is 0.553. The van der Waals surface area contributed by atoms with Crippen LogP contribution in [0.15, 0.2) is 18.2 Å². The molecule has 1 aromatic rings. The molecule has 0 amide bonds. The van der Waals surface area contributed by atoms with Gasteiger partial charge < -0.3 is 15.3 Å². The largest absolute Gasteiger partial charge is 0.396 e. The molecule has 1 heterocycles. The van der Waals surface area contributed by atoms with Crippen LogP contribution in [0.2, 0.25) is 0 Å². The van der Waals surface area contributed by atoms with Gasteiger partial charge in [-0.2, -0.15) is 5.26 Å². The zero-order valence-corrected chi connectivity index (χ0v) is 12.4. The Morgan fingerprint density at radius 3 is 2.90 bits per heavy atom. The first-order valence-electron chi connectivity index (χ1n) is 7.92. The molecule has 2 aliphatic rings. The zero-order valence-electron chi connectivity index (χ0n) is 12.4. The average Bonchev–Trinajstić information content (AvgIpc) is 3.23. The summed E-state index contributed by atoms with van der Waals surface area (Å²) in [5.41, 5.74) is 3.01. The third-order valence-corrected chi connectivity index (χ3v) is 4.52. The Hall–Kier alpha value is -1.57. The second-order valence-corrected chi connectivity index (χ2v) is 6.23. The van der Waals surface area contributed by atoms with Gasteiger partial charge in [0.25, 0.3) is 0 Å². The Kier molecular flexibility index (Phi) is 4.42. The van der Waals surface area contributed by atoms with Crippen molar-refractivity contribution in [1.82, 2.24) is 5.32 Å². The van der Waals surface area contributed by atoms with Gasteiger partial charge in [-0.05, 0) is 49.3 Å². The van der Waals surface area contributed by atoms with Crippen LogP contribution in [-0.2, 0) is 6.54 Å². The van der Waals surface area contributed by atoms with Gasteiger partial charge in [0.1, 0.15) is 6.07 Å². The van der Waals surface area contributed by atoms with Crippen LogP contribution >= 0.6 is 0 Å². The highest BCUT2D eigenvalue weighted by molar-refractivity contribution is 5.61. The summed E-state index contributed by atoms with van der Waals surface area (Å²) in [7, 11) is 0. The van der Waals surface area contributed by atoms with Crippen molar-refractivity contribution in [3.05, 3.63) is 29.3 Å². The first-order valence-corrected chi connectivity index (χ1v) is 7.92. The Labute approximate surface area is 126 Å². The van der Waals surface area contributed by atoms with E-state index in [1.165, 1.54) is 18.4 Å². The molecule has 1 saturated carbocycles. The van der Waals surface area contributed by atoms with E-state index in [1.807, 2.05) is 6.07 Å². The van der Waals surface area contributed by atoms with Gasteiger partial charge in [-0.15, -0.1) is 0 Å². The van der Waals surface area contributed by atoms with Gasteiger partial charge in [-0.1, -0.05) is 6.07 Å². The maximum absolute atomic E-state index is 9.43. The molecular formula is C17H23N3O. The molecule has 0 spiro atoms. The molecule has 1 atom stereocenters. The number of aliphatic hydroxyl groups is 1. The highest BCUT2D eigenvalue weighted by Crippen LogP contribution is 2.29. The first-order chi connectivity index (χ1) is 10.3. The van der Waals surface area contributed by atoms with Gasteiger partial charge in [0.15, 0.2) is 0 Å². The maximum Gasteiger partial charge on any atom is 0.101 e. The van der Waals surface area contributed by atoms with E-state index in [-0.39, 0.29) is 6.61 Å². The SMILES string of the molecule is N#Cc1cc(CNC2CC2)ccc1N1CCC(CCO)C1. The van der Waals surface area contributed by atoms with E-state index in [0.29, 0.717) is 12.0 Å². The summed E-state index contributed by atoms with van der Waals surface area (Å²) < 4.78 is 0. The molecule has 21 heavy (non-hydrogen) atoms. The second-order valence-electron chi connectivity index (χ2n) is 6.23. The first kappa shape index (κ1) is 14.4. The van der Waals surface area contributed by atoms with Crippen molar-refractivity contribution in [2.45, 2.75) is 38.3 Å². The topological polar surface area (TPSA) is 59.3 Å². The number of hydrogen-bond donors (Lipinski definition) is 2. The fourth-order valence-electron chi connectivity index (χ4n) is 3.08. The normalized spacial score (nSPS) is 21.5. The quantitative estimate of drug-likeness (QED) is 0.839. The van der Waals surface area contributed by atoms with E-state index < -0.39 is 0 Å². The summed E-state index contributed by atoms with van der Waals surface area (Å²) in [6, 6.07) is 9.27. The highest BCUT2D eigenvalue weighted by atomic mass is 16.3.